The van der Waals surface area contributed by atoms with Crippen LogP contribution in [-0.2, 0) is 6.42 Å². The van der Waals surface area contributed by atoms with Crippen molar-refractivity contribution in [3.63, 3.8) is 0 Å². The van der Waals surface area contributed by atoms with E-state index in [0.29, 0.717) is 18.1 Å². The van der Waals surface area contributed by atoms with Crippen molar-refractivity contribution in [1.29, 1.82) is 0 Å². The number of fused-ring (bicyclic) bond motifs is 2. The third-order valence-electron chi connectivity index (χ3n) is 7.19. The second kappa shape index (κ2) is 7.82. The van der Waals surface area contributed by atoms with Gasteiger partial charge in [0.15, 0.2) is 0 Å². The Morgan fingerprint density at radius 2 is 1.89 bits per heavy atom. The van der Waals surface area contributed by atoms with Crippen molar-refractivity contribution in [2.45, 2.75) is 63.4 Å². The lowest BCUT2D eigenvalue weighted by Crippen LogP contribution is -2.63. The minimum Gasteiger partial charge on any atom is -0.493 e. The molecule has 4 unspecified atom stereocenters. The molecule has 0 spiro atoms. The van der Waals surface area contributed by atoms with Crippen LogP contribution in [0.4, 0.5) is 5.69 Å². The van der Waals surface area contributed by atoms with Crippen molar-refractivity contribution >= 4 is 5.69 Å². The average molecular weight is 386 g/mol. The molecule has 3 heterocycles. The monoisotopic (exact) mass is 385 g/mol. The highest BCUT2D eigenvalue weighted by Gasteiger charge is 2.39. The molecular weight excluding hydrogens is 350 g/mol. The summed E-state index contributed by atoms with van der Waals surface area (Å²) >= 11 is 0. The molecule has 3 aliphatic heterocycles. The molecular formula is C22H35N5O. The van der Waals surface area contributed by atoms with E-state index in [1.54, 1.807) is 0 Å². The molecule has 5 N–H and O–H groups in total. The lowest BCUT2D eigenvalue weighted by Gasteiger charge is -2.37. The Morgan fingerprint density at radius 1 is 1.07 bits per heavy atom. The zero-order valence-electron chi connectivity index (χ0n) is 17.2. The normalized spacial score (nSPS) is 37.2. The van der Waals surface area contributed by atoms with Crippen LogP contribution in [0.25, 0.3) is 0 Å². The van der Waals surface area contributed by atoms with E-state index in [0.717, 1.165) is 37.7 Å². The number of hydrogen-bond donors (Lipinski definition) is 5. The second-order valence-electron chi connectivity index (χ2n) is 9.24. The van der Waals surface area contributed by atoms with E-state index in [1.165, 1.54) is 48.5 Å². The van der Waals surface area contributed by atoms with Crippen LogP contribution in [0.2, 0.25) is 0 Å². The Labute approximate surface area is 168 Å². The maximum Gasteiger partial charge on any atom is 0.133 e. The van der Waals surface area contributed by atoms with Gasteiger partial charge in [-0.2, -0.15) is 0 Å². The molecule has 0 amide bonds. The molecule has 1 saturated carbocycles. The number of aryl methyl sites for hydroxylation is 1. The van der Waals surface area contributed by atoms with Gasteiger partial charge in [-0.05, 0) is 100 Å². The van der Waals surface area contributed by atoms with Crippen LogP contribution in [0.3, 0.4) is 0 Å². The third-order valence-corrected chi connectivity index (χ3v) is 7.19. The Morgan fingerprint density at radius 3 is 2.68 bits per heavy atom. The van der Waals surface area contributed by atoms with Crippen LogP contribution in [0.1, 0.15) is 49.7 Å². The van der Waals surface area contributed by atoms with Crippen LogP contribution >= 0.6 is 0 Å². The maximum atomic E-state index is 6.20. The van der Waals surface area contributed by atoms with Gasteiger partial charge >= 0.3 is 0 Å². The molecule has 1 aliphatic carbocycles. The van der Waals surface area contributed by atoms with E-state index in [-0.39, 0.29) is 6.29 Å². The van der Waals surface area contributed by atoms with Gasteiger partial charge in [-0.15, -0.1) is 0 Å². The summed E-state index contributed by atoms with van der Waals surface area (Å²) in [4.78, 5) is 0. The van der Waals surface area contributed by atoms with Crippen LogP contribution < -0.4 is 31.3 Å². The van der Waals surface area contributed by atoms with Crippen molar-refractivity contribution in [3.05, 3.63) is 23.3 Å². The molecule has 28 heavy (non-hydrogen) atoms. The summed E-state index contributed by atoms with van der Waals surface area (Å²) in [7, 11) is 2.02. The predicted molar refractivity (Wildman–Crippen MR) is 113 cm³/mol. The van der Waals surface area contributed by atoms with Crippen molar-refractivity contribution in [1.82, 2.24) is 21.3 Å². The fraction of sp³-hybridized carbons (Fsp3) is 0.727. The smallest absolute Gasteiger partial charge is 0.133 e. The Hall–Kier alpha value is -1.34. The van der Waals surface area contributed by atoms with Gasteiger partial charge in [-0.1, -0.05) is 0 Å². The summed E-state index contributed by atoms with van der Waals surface area (Å²) in [6.07, 6.45) is 6.33. The first-order valence-corrected chi connectivity index (χ1v) is 11.2. The Kier molecular flexibility index (Phi) is 5.22. The van der Waals surface area contributed by atoms with Gasteiger partial charge in [0, 0.05) is 11.7 Å². The van der Waals surface area contributed by atoms with Crippen molar-refractivity contribution < 1.29 is 4.74 Å². The minimum absolute atomic E-state index is 0.0729. The Bertz CT molecular complexity index is 698. The van der Waals surface area contributed by atoms with Gasteiger partial charge in [-0.25, -0.2) is 0 Å². The van der Waals surface area contributed by atoms with E-state index in [2.05, 4.69) is 45.6 Å². The molecule has 0 aromatic heterocycles. The van der Waals surface area contributed by atoms with Crippen LogP contribution in [0, 0.1) is 11.8 Å². The zero-order valence-corrected chi connectivity index (χ0v) is 17.2. The van der Waals surface area contributed by atoms with E-state index < -0.39 is 0 Å². The van der Waals surface area contributed by atoms with E-state index in [1.807, 2.05) is 7.05 Å². The lowest BCUT2D eigenvalue weighted by atomic mass is 9.90. The molecule has 6 heteroatoms. The first kappa shape index (κ1) is 18.7. The molecule has 6 nitrogen and oxygen atoms in total. The number of benzene rings is 1. The summed E-state index contributed by atoms with van der Waals surface area (Å²) in [5.41, 5.74) is 4.04. The molecule has 1 aromatic rings. The van der Waals surface area contributed by atoms with Crippen LogP contribution in [0.5, 0.6) is 5.75 Å². The summed E-state index contributed by atoms with van der Waals surface area (Å²) in [5.74, 6) is 3.53. The van der Waals surface area contributed by atoms with E-state index in [9.17, 15) is 0 Å². The van der Waals surface area contributed by atoms with Gasteiger partial charge in [0.2, 0.25) is 0 Å². The van der Waals surface area contributed by atoms with Gasteiger partial charge in [0.1, 0.15) is 12.0 Å². The number of hydrogen-bond acceptors (Lipinski definition) is 6. The summed E-state index contributed by atoms with van der Waals surface area (Å²) in [6, 6.07) is 5.16. The highest BCUT2D eigenvalue weighted by Crippen LogP contribution is 2.48. The lowest BCUT2D eigenvalue weighted by molar-refractivity contribution is 0.249. The Balaban J connectivity index is 1.39. The van der Waals surface area contributed by atoms with Gasteiger partial charge < -0.3 is 20.7 Å². The molecule has 2 saturated heterocycles. The molecule has 5 rings (SSSR count). The third kappa shape index (κ3) is 3.63. The quantitative estimate of drug-likeness (QED) is 0.546. The SMILES string of the molecule is CNC1CC(C)NC(Nc2cc3c(c(C4C[C@H]5CNC[C@H]5C4)c2)OCCC3)N1. The molecule has 1 aromatic carbocycles. The summed E-state index contributed by atoms with van der Waals surface area (Å²) < 4.78 is 6.20. The first-order chi connectivity index (χ1) is 13.7. The fourth-order valence-corrected chi connectivity index (χ4v) is 5.79. The summed E-state index contributed by atoms with van der Waals surface area (Å²) in [6.45, 7) is 5.50. The van der Waals surface area contributed by atoms with Crippen LogP contribution in [-0.4, -0.2) is 45.2 Å². The van der Waals surface area contributed by atoms with Crippen molar-refractivity contribution in [2.24, 2.45) is 11.8 Å². The molecule has 0 bridgehead atoms. The molecule has 3 fully saturated rings. The zero-order chi connectivity index (χ0) is 19.1. The minimum atomic E-state index is 0.0729. The van der Waals surface area contributed by atoms with Crippen LogP contribution in [0.15, 0.2) is 12.1 Å². The maximum absolute atomic E-state index is 6.20. The van der Waals surface area contributed by atoms with E-state index >= 15 is 0 Å². The standard InChI is InChI=1S/C22H35N5O/c1-13-6-20(23-2)27-22(25-13)26-18-9-14-4-3-5-28-21(14)19(10-18)15-7-16-11-24-12-17(16)8-15/h9-10,13,15-17,20,22-27H,3-8,11-12H2,1-2H3/t13?,15?,16-,17+,20?,22?. The molecule has 4 aliphatic rings. The van der Waals surface area contributed by atoms with E-state index in [4.69, 9.17) is 4.74 Å². The highest BCUT2D eigenvalue weighted by atomic mass is 16.5. The van der Waals surface area contributed by atoms with Gasteiger partial charge in [0.25, 0.3) is 0 Å². The van der Waals surface area contributed by atoms with Gasteiger partial charge in [0.05, 0.1) is 12.8 Å². The van der Waals surface area contributed by atoms with Gasteiger partial charge in [-0.3, -0.25) is 10.6 Å². The number of ether oxygens (including phenoxy) is 1. The number of nitrogens with one attached hydrogen (secondary N) is 5. The second-order valence-corrected chi connectivity index (χ2v) is 9.24. The molecule has 0 radical (unpaired) electrons. The average Bonchev–Trinajstić information content (AvgIpc) is 3.29. The topological polar surface area (TPSA) is 69.4 Å². The molecule has 6 atom stereocenters. The molecule has 154 valence electrons. The predicted octanol–water partition coefficient (Wildman–Crippen LogP) is 1.94. The largest absolute Gasteiger partial charge is 0.493 e. The number of anilines is 1. The fourth-order valence-electron chi connectivity index (χ4n) is 5.79. The highest BCUT2D eigenvalue weighted by molar-refractivity contribution is 5.58. The van der Waals surface area contributed by atoms with Crippen molar-refractivity contribution in [2.75, 3.05) is 32.1 Å². The number of rotatable bonds is 4. The summed E-state index contributed by atoms with van der Waals surface area (Å²) in [5, 5.41) is 17.9. The first-order valence-electron chi connectivity index (χ1n) is 11.2. The van der Waals surface area contributed by atoms with Crippen molar-refractivity contribution in [3.8, 4) is 5.75 Å².